The van der Waals surface area contributed by atoms with E-state index in [2.05, 4.69) is 9.88 Å². The average molecular weight is 294 g/mol. The Hall–Kier alpha value is -1.21. The lowest BCUT2D eigenvalue weighted by molar-refractivity contribution is -0.0488. The summed E-state index contributed by atoms with van der Waals surface area (Å²) in [7, 11) is 0. The van der Waals surface area contributed by atoms with E-state index in [0.717, 1.165) is 51.4 Å². The molecule has 0 saturated carbocycles. The lowest BCUT2D eigenvalue weighted by Crippen LogP contribution is -2.36. The minimum atomic E-state index is -0.524. The number of aromatic nitrogens is 1. The third kappa shape index (κ3) is 3.91. The van der Waals surface area contributed by atoms with Crippen molar-refractivity contribution in [3.8, 4) is 5.75 Å². The fourth-order valence-corrected chi connectivity index (χ4v) is 2.65. The first-order chi connectivity index (χ1) is 10.3. The van der Waals surface area contributed by atoms with E-state index in [0.29, 0.717) is 18.9 Å². The Balaban J connectivity index is 1.54. The van der Waals surface area contributed by atoms with Crippen LogP contribution in [0.25, 0.3) is 0 Å². The molecule has 0 radical (unpaired) electrons. The molecule has 2 saturated heterocycles. The quantitative estimate of drug-likeness (QED) is 0.877. The van der Waals surface area contributed by atoms with E-state index in [-0.39, 0.29) is 5.75 Å². The summed E-state index contributed by atoms with van der Waals surface area (Å²) in [6.07, 6.45) is 1.41. The van der Waals surface area contributed by atoms with Crippen molar-refractivity contribution in [2.75, 3.05) is 46.1 Å². The zero-order chi connectivity index (χ0) is 14.5. The number of hydrogen-bond donors (Lipinski definition) is 1. The molecule has 0 amide bonds. The number of ether oxygens (including phenoxy) is 3. The van der Waals surface area contributed by atoms with Crippen LogP contribution in [0.3, 0.4) is 0 Å². The molecule has 0 aliphatic carbocycles. The maximum atomic E-state index is 9.88. The predicted octanol–water partition coefficient (Wildman–Crippen LogP) is 1.10. The van der Waals surface area contributed by atoms with Gasteiger partial charge in [0.1, 0.15) is 11.4 Å². The van der Waals surface area contributed by atoms with Crippen LogP contribution in [-0.4, -0.2) is 61.1 Å². The number of aromatic hydroxyl groups is 1. The van der Waals surface area contributed by atoms with Gasteiger partial charge in [-0.05, 0) is 31.5 Å². The first-order valence-electron chi connectivity index (χ1n) is 7.55. The molecule has 1 aromatic heterocycles. The summed E-state index contributed by atoms with van der Waals surface area (Å²) in [6, 6.07) is 3.55. The summed E-state index contributed by atoms with van der Waals surface area (Å²) >= 11 is 0. The Kier molecular flexibility index (Phi) is 5.03. The van der Waals surface area contributed by atoms with Crippen LogP contribution < -0.4 is 0 Å². The molecule has 0 bridgehead atoms. The third-order valence-corrected chi connectivity index (χ3v) is 3.82. The highest BCUT2D eigenvalue weighted by atomic mass is 16.7. The van der Waals surface area contributed by atoms with Crippen molar-refractivity contribution in [3.05, 3.63) is 23.5 Å². The largest absolute Gasteiger partial charge is 0.506 e. The van der Waals surface area contributed by atoms with Gasteiger partial charge in [-0.3, -0.25) is 4.90 Å². The summed E-state index contributed by atoms with van der Waals surface area (Å²) in [5.74, 6) is 0.138. The monoisotopic (exact) mass is 294 g/mol. The maximum absolute atomic E-state index is 9.88. The van der Waals surface area contributed by atoms with E-state index >= 15 is 0 Å². The third-order valence-electron chi connectivity index (χ3n) is 3.82. The zero-order valence-corrected chi connectivity index (χ0v) is 12.2. The van der Waals surface area contributed by atoms with Gasteiger partial charge in [0.05, 0.1) is 26.4 Å². The Morgan fingerprint density at radius 1 is 1.14 bits per heavy atom. The van der Waals surface area contributed by atoms with E-state index in [1.807, 2.05) is 6.07 Å². The Labute approximate surface area is 124 Å². The van der Waals surface area contributed by atoms with Crippen molar-refractivity contribution in [1.82, 2.24) is 9.88 Å². The Morgan fingerprint density at radius 2 is 1.90 bits per heavy atom. The molecule has 6 nitrogen and oxygen atoms in total. The summed E-state index contributed by atoms with van der Waals surface area (Å²) in [5, 5.41) is 9.88. The second kappa shape index (κ2) is 7.17. The van der Waals surface area contributed by atoms with Crippen LogP contribution in [0.15, 0.2) is 12.1 Å². The standard InChI is InChI=1S/C15H22N2O4/c18-13-4-3-12(16-14(13)15-20-10-11-21-15)2-1-5-17-6-8-19-9-7-17/h3-4,15,18H,1-2,5-11H2. The molecule has 1 aromatic rings. The molecule has 3 heterocycles. The van der Waals surface area contributed by atoms with Crippen LogP contribution in [0.1, 0.15) is 24.1 Å². The van der Waals surface area contributed by atoms with Gasteiger partial charge in [0.2, 0.25) is 6.29 Å². The Morgan fingerprint density at radius 3 is 2.67 bits per heavy atom. The second-order valence-corrected chi connectivity index (χ2v) is 5.34. The lowest BCUT2D eigenvalue weighted by Gasteiger charge is -2.26. The fourth-order valence-electron chi connectivity index (χ4n) is 2.65. The van der Waals surface area contributed by atoms with Crippen molar-refractivity contribution < 1.29 is 19.3 Å². The molecule has 6 heteroatoms. The SMILES string of the molecule is Oc1ccc(CCCN2CCOCC2)nc1C1OCCO1. The molecule has 1 N–H and O–H groups in total. The van der Waals surface area contributed by atoms with Gasteiger partial charge in [-0.15, -0.1) is 0 Å². The number of pyridine rings is 1. The van der Waals surface area contributed by atoms with Crippen molar-refractivity contribution in [1.29, 1.82) is 0 Å². The first-order valence-corrected chi connectivity index (χ1v) is 7.55. The minimum Gasteiger partial charge on any atom is -0.506 e. The number of morpholine rings is 1. The lowest BCUT2D eigenvalue weighted by atomic mass is 10.2. The van der Waals surface area contributed by atoms with E-state index in [9.17, 15) is 5.11 Å². The topological polar surface area (TPSA) is 64.1 Å². The summed E-state index contributed by atoms with van der Waals surface area (Å²) in [6.45, 7) is 5.84. The van der Waals surface area contributed by atoms with Crippen molar-refractivity contribution >= 4 is 0 Å². The molecule has 0 atom stereocenters. The minimum absolute atomic E-state index is 0.138. The molecular weight excluding hydrogens is 272 g/mol. The molecule has 2 aliphatic heterocycles. The molecule has 0 unspecified atom stereocenters. The molecule has 0 spiro atoms. The highest BCUT2D eigenvalue weighted by Crippen LogP contribution is 2.29. The molecule has 2 aliphatic rings. The fraction of sp³-hybridized carbons (Fsp3) is 0.667. The molecule has 21 heavy (non-hydrogen) atoms. The molecular formula is C15H22N2O4. The average Bonchev–Trinajstić information content (AvgIpc) is 3.04. The van der Waals surface area contributed by atoms with Crippen molar-refractivity contribution in [2.45, 2.75) is 19.1 Å². The van der Waals surface area contributed by atoms with E-state index in [1.54, 1.807) is 6.07 Å². The number of rotatable bonds is 5. The normalized spacial score (nSPS) is 21.0. The maximum Gasteiger partial charge on any atom is 0.204 e. The summed E-state index contributed by atoms with van der Waals surface area (Å²) in [5.41, 5.74) is 1.46. The predicted molar refractivity (Wildman–Crippen MR) is 76.1 cm³/mol. The van der Waals surface area contributed by atoms with Crippen LogP contribution in [0.2, 0.25) is 0 Å². The van der Waals surface area contributed by atoms with Gasteiger partial charge in [0, 0.05) is 18.8 Å². The highest BCUT2D eigenvalue weighted by molar-refractivity contribution is 5.29. The van der Waals surface area contributed by atoms with Crippen LogP contribution in [0.5, 0.6) is 5.75 Å². The van der Waals surface area contributed by atoms with E-state index < -0.39 is 6.29 Å². The smallest absolute Gasteiger partial charge is 0.204 e. The highest BCUT2D eigenvalue weighted by Gasteiger charge is 2.23. The van der Waals surface area contributed by atoms with Crippen LogP contribution >= 0.6 is 0 Å². The van der Waals surface area contributed by atoms with Gasteiger partial charge in [-0.2, -0.15) is 0 Å². The van der Waals surface area contributed by atoms with Gasteiger partial charge in [-0.25, -0.2) is 4.98 Å². The van der Waals surface area contributed by atoms with Gasteiger partial charge in [-0.1, -0.05) is 0 Å². The molecule has 116 valence electrons. The van der Waals surface area contributed by atoms with Gasteiger partial charge in [0.25, 0.3) is 0 Å². The van der Waals surface area contributed by atoms with Crippen molar-refractivity contribution in [2.24, 2.45) is 0 Å². The summed E-state index contributed by atoms with van der Waals surface area (Å²) in [4.78, 5) is 6.90. The Bertz CT molecular complexity index is 457. The van der Waals surface area contributed by atoms with E-state index in [4.69, 9.17) is 14.2 Å². The molecule has 0 aromatic carbocycles. The summed E-state index contributed by atoms with van der Waals surface area (Å²) < 4.78 is 16.2. The van der Waals surface area contributed by atoms with Crippen LogP contribution in [-0.2, 0) is 20.6 Å². The van der Waals surface area contributed by atoms with E-state index in [1.165, 1.54) is 0 Å². The number of nitrogens with zero attached hydrogens (tertiary/aromatic N) is 2. The van der Waals surface area contributed by atoms with Crippen LogP contribution in [0.4, 0.5) is 0 Å². The number of hydrogen-bond acceptors (Lipinski definition) is 6. The molecule has 2 fully saturated rings. The van der Waals surface area contributed by atoms with Gasteiger partial charge < -0.3 is 19.3 Å². The number of aryl methyl sites for hydroxylation is 1. The molecule has 3 rings (SSSR count). The van der Waals surface area contributed by atoms with Gasteiger partial charge in [0.15, 0.2) is 0 Å². The van der Waals surface area contributed by atoms with Crippen LogP contribution in [0, 0.1) is 0 Å². The zero-order valence-electron chi connectivity index (χ0n) is 12.2. The van der Waals surface area contributed by atoms with Gasteiger partial charge >= 0.3 is 0 Å². The second-order valence-electron chi connectivity index (χ2n) is 5.34. The first kappa shape index (κ1) is 14.7. The van der Waals surface area contributed by atoms with Crippen molar-refractivity contribution in [3.63, 3.8) is 0 Å².